The molecule has 0 radical (unpaired) electrons. The summed E-state index contributed by atoms with van der Waals surface area (Å²) in [5.74, 6) is 0.105. The van der Waals surface area contributed by atoms with Crippen LogP contribution < -0.4 is 5.32 Å². The first kappa shape index (κ1) is 15.3. The van der Waals surface area contributed by atoms with E-state index in [1.165, 1.54) is 32.1 Å². The number of anilines is 1. The Morgan fingerprint density at radius 3 is 2.68 bits per heavy atom. The van der Waals surface area contributed by atoms with Crippen LogP contribution in [0.4, 0.5) is 5.13 Å². The van der Waals surface area contributed by atoms with Crippen LogP contribution in [0.5, 0.6) is 0 Å². The molecule has 3 rings (SSSR count). The Balaban J connectivity index is 1.81. The van der Waals surface area contributed by atoms with E-state index < -0.39 is 0 Å². The Bertz CT molecular complexity index is 680. The lowest BCUT2D eigenvalue weighted by Crippen LogP contribution is -2.21. The third-order valence-corrected chi connectivity index (χ3v) is 5.26. The van der Waals surface area contributed by atoms with Gasteiger partial charge in [-0.2, -0.15) is 0 Å². The standard InChI is InChI=1S/C17H23N3OS/c1-10-15(12(3)21)11(2)18-16(10)14-9-22-17(20-14)19-13-7-5-4-6-8-13/h9,13,18H,4-8H2,1-3H3,(H,19,20). The van der Waals surface area contributed by atoms with Gasteiger partial charge in [-0.05, 0) is 39.2 Å². The average Bonchev–Trinajstić information content (AvgIpc) is 3.04. The van der Waals surface area contributed by atoms with Crippen molar-refractivity contribution in [3.05, 3.63) is 22.2 Å². The van der Waals surface area contributed by atoms with Crippen molar-refractivity contribution in [2.45, 2.75) is 58.9 Å². The summed E-state index contributed by atoms with van der Waals surface area (Å²) in [6.07, 6.45) is 6.46. The van der Waals surface area contributed by atoms with Gasteiger partial charge in [-0.3, -0.25) is 4.79 Å². The van der Waals surface area contributed by atoms with E-state index in [4.69, 9.17) is 4.98 Å². The maximum Gasteiger partial charge on any atom is 0.183 e. The number of carbonyl (C=O) groups excluding carboxylic acids is 1. The molecule has 0 bridgehead atoms. The molecule has 0 amide bonds. The van der Waals surface area contributed by atoms with Crippen LogP contribution in [0, 0.1) is 13.8 Å². The number of Topliss-reactive ketones (excluding diaryl/α,β-unsaturated/α-hetero) is 1. The van der Waals surface area contributed by atoms with Crippen molar-refractivity contribution in [3.63, 3.8) is 0 Å². The van der Waals surface area contributed by atoms with Crippen molar-refractivity contribution in [1.82, 2.24) is 9.97 Å². The summed E-state index contributed by atoms with van der Waals surface area (Å²) in [7, 11) is 0. The lowest BCUT2D eigenvalue weighted by Gasteiger charge is -2.22. The number of thiazole rings is 1. The van der Waals surface area contributed by atoms with Crippen molar-refractivity contribution in [3.8, 4) is 11.4 Å². The van der Waals surface area contributed by atoms with Gasteiger partial charge in [0, 0.05) is 22.7 Å². The van der Waals surface area contributed by atoms with Crippen molar-refractivity contribution in [2.75, 3.05) is 5.32 Å². The fourth-order valence-corrected chi connectivity index (χ4v) is 4.19. The molecule has 2 N–H and O–H groups in total. The summed E-state index contributed by atoms with van der Waals surface area (Å²) < 4.78 is 0. The molecular weight excluding hydrogens is 294 g/mol. The molecule has 1 aliphatic carbocycles. The Morgan fingerprint density at radius 2 is 2.05 bits per heavy atom. The van der Waals surface area contributed by atoms with Crippen molar-refractivity contribution < 1.29 is 4.79 Å². The van der Waals surface area contributed by atoms with Gasteiger partial charge in [0.1, 0.15) is 5.69 Å². The van der Waals surface area contributed by atoms with Crippen molar-refractivity contribution in [2.24, 2.45) is 0 Å². The van der Waals surface area contributed by atoms with Crippen LogP contribution in [0.1, 0.15) is 60.6 Å². The zero-order chi connectivity index (χ0) is 15.7. The molecule has 5 heteroatoms. The number of nitrogens with one attached hydrogen (secondary N) is 2. The number of rotatable bonds is 4. The van der Waals surface area contributed by atoms with Crippen molar-refractivity contribution >= 4 is 22.3 Å². The monoisotopic (exact) mass is 317 g/mol. The van der Waals surface area contributed by atoms with E-state index in [1.54, 1.807) is 18.3 Å². The SMILES string of the molecule is CC(=O)c1c(C)[nH]c(-c2csc(NC3CCCCC3)n2)c1C. The molecule has 1 saturated carbocycles. The number of H-pyrrole nitrogens is 1. The molecule has 2 aromatic rings. The summed E-state index contributed by atoms with van der Waals surface area (Å²) in [5.41, 5.74) is 4.62. The lowest BCUT2D eigenvalue weighted by atomic mass is 9.96. The molecular formula is C17H23N3OS. The average molecular weight is 317 g/mol. The smallest absolute Gasteiger partial charge is 0.183 e. The van der Waals surface area contributed by atoms with Crippen LogP contribution in [-0.2, 0) is 0 Å². The van der Waals surface area contributed by atoms with Crippen LogP contribution in [0.15, 0.2) is 5.38 Å². The predicted molar refractivity (Wildman–Crippen MR) is 91.9 cm³/mol. The number of aromatic amines is 1. The van der Waals surface area contributed by atoms with Gasteiger partial charge < -0.3 is 10.3 Å². The van der Waals surface area contributed by atoms with E-state index in [9.17, 15) is 4.79 Å². The molecule has 2 aromatic heterocycles. The fraction of sp³-hybridized carbons (Fsp3) is 0.529. The van der Waals surface area contributed by atoms with E-state index in [0.29, 0.717) is 6.04 Å². The lowest BCUT2D eigenvalue weighted by molar-refractivity contribution is 0.101. The van der Waals surface area contributed by atoms with Crippen LogP contribution in [0.25, 0.3) is 11.4 Å². The van der Waals surface area contributed by atoms with Crippen LogP contribution in [0.2, 0.25) is 0 Å². The highest BCUT2D eigenvalue weighted by Gasteiger charge is 2.19. The Labute approximate surface area is 135 Å². The number of nitrogens with zero attached hydrogens (tertiary/aromatic N) is 1. The predicted octanol–water partition coefficient (Wildman–Crippen LogP) is 4.70. The second kappa shape index (κ2) is 6.24. The maximum atomic E-state index is 11.7. The van der Waals surface area contributed by atoms with E-state index in [1.807, 2.05) is 13.8 Å². The molecule has 1 fully saturated rings. The molecule has 0 unspecified atom stereocenters. The Morgan fingerprint density at radius 1 is 1.32 bits per heavy atom. The molecule has 2 heterocycles. The topological polar surface area (TPSA) is 57.8 Å². The third kappa shape index (κ3) is 2.95. The fourth-order valence-electron chi connectivity index (χ4n) is 3.41. The number of aromatic nitrogens is 2. The quantitative estimate of drug-likeness (QED) is 0.803. The first-order valence-corrected chi connectivity index (χ1v) is 8.86. The van der Waals surface area contributed by atoms with E-state index in [0.717, 1.165) is 33.3 Å². The van der Waals surface area contributed by atoms with E-state index >= 15 is 0 Å². The summed E-state index contributed by atoms with van der Waals surface area (Å²) in [6, 6.07) is 0.562. The molecule has 0 spiro atoms. The van der Waals surface area contributed by atoms with Gasteiger partial charge in [0.15, 0.2) is 10.9 Å². The molecule has 118 valence electrons. The highest BCUT2D eigenvalue weighted by atomic mass is 32.1. The minimum absolute atomic E-state index is 0.105. The second-order valence-electron chi connectivity index (χ2n) is 6.20. The molecule has 1 aliphatic rings. The zero-order valence-electron chi connectivity index (χ0n) is 13.5. The van der Waals surface area contributed by atoms with Gasteiger partial charge in [-0.15, -0.1) is 11.3 Å². The molecule has 4 nitrogen and oxygen atoms in total. The summed E-state index contributed by atoms with van der Waals surface area (Å²) in [4.78, 5) is 19.8. The minimum Gasteiger partial charge on any atom is -0.359 e. The number of carbonyl (C=O) groups is 1. The number of hydrogen-bond donors (Lipinski definition) is 2. The number of ketones is 1. The Kier molecular flexibility index (Phi) is 4.34. The largest absolute Gasteiger partial charge is 0.359 e. The van der Waals surface area contributed by atoms with Gasteiger partial charge in [-0.1, -0.05) is 19.3 Å². The highest BCUT2D eigenvalue weighted by Crippen LogP contribution is 2.31. The number of aryl methyl sites for hydroxylation is 1. The molecule has 22 heavy (non-hydrogen) atoms. The first-order valence-electron chi connectivity index (χ1n) is 7.99. The van der Waals surface area contributed by atoms with Crippen LogP contribution in [-0.4, -0.2) is 21.8 Å². The van der Waals surface area contributed by atoms with Gasteiger partial charge in [0.05, 0.1) is 5.69 Å². The molecule has 0 atom stereocenters. The zero-order valence-corrected chi connectivity index (χ0v) is 14.3. The van der Waals surface area contributed by atoms with Gasteiger partial charge in [0.25, 0.3) is 0 Å². The van der Waals surface area contributed by atoms with Gasteiger partial charge in [-0.25, -0.2) is 4.98 Å². The minimum atomic E-state index is 0.105. The normalized spacial score (nSPS) is 16.0. The molecule has 0 aliphatic heterocycles. The third-order valence-electron chi connectivity index (χ3n) is 4.48. The first-order chi connectivity index (χ1) is 10.6. The van der Waals surface area contributed by atoms with Gasteiger partial charge >= 0.3 is 0 Å². The summed E-state index contributed by atoms with van der Waals surface area (Å²) >= 11 is 1.64. The van der Waals surface area contributed by atoms with Crippen molar-refractivity contribution in [1.29, 1.82) is 0 Å². The van der Waals surface area contributed by atoms with E-state index in [-0.39, 0.29) is 5.78 Å². The Hall–Kier alpha value is -1.62. The van der Waals surface area contributed by atoms with Gasteiger partial charge in [0.2, 0.25) is 0 Å². The van der Waals surface area contributed by atoms with Crippen LogP contribution >= 0.6 is 11.3 Å². The molecule has 0 aromatic carbocycles. The summed E-state index contributed by atoms with van der Waals surface area (Å²) in [6.45, 7) is 5.55. The highest BCUT2D eigenvalue weighted by molar-refractivity contribution is 7.14. The second-order valence-corrected chi connectivity index (χ2v) is 7.06. The summed E-state index contributed by atoms with van der Waals surface area (Å²) in [5, 5.41) is 6.61. The maximum absolute atomic E-state index is 11.7. The van der Waals surface area contributed by atoms with E-state index in [2.05, 4.69) is 15.7 Å². The van der Waals surface area contributed by atoms with Crippen LogP contribution in [0.3, 0.4) is 0 Å². The number of hydrogen-bond acceptors (Lipinski definition) is 4. The molecule has 0 saturated heterocycles.